The van der Waals surface area contributed by atoms with Gasteiger partial charge in [0, 0.05) is 30.2 Å². The zero-order valence-corrected chi connectivity index (χ0v) is 10.5. The molecule has 1 fully saturated rings. The average Bonchev–Trinajstić information content (AvgIpc) is 2.70. The molecule has 1 aromatic carbocycles. The fourth-order valence-corrected chi connectivity index (χ4v) is 1.99. The summed E-state index contributed by atoms with van der Waals surface area (Å²) >= 11 is 11.7. The first kappa shape index (κ1) is 12.5. The maximum Gasteiger partial charge on any atom is 0.415 e. The van der Waals surface area contributed by atoms with E-state index in [1.165, 1.54) is 6.07 Å². The Balaban J connectivity index is 2.05. The highest BCUT2D eigenvalue weighted by molar-refractivity contribution is 6.34. The van der Waals surface area contributed by atoms with E-state index in [0.717, 1.165) is 6.42 Å². The van der Waals surface area contributed by atoms with Crippen molar-refractivity contribution in [3.63, 3.8) is 0 Å². The normalized spacial score (nSPS) is 19.5. The summed E-state index contributed by atoms with van der Waals surface area (Å²) in [5, 5.41) is 0.821. The third kappa shape index (κ3) is 3.03. The van der Waals surface area contributed by atoms with Crippen molar-refractivity contribution in [2.75, 3.05) is 13.1 Å². The number of likely N-dealkylation sites (tertiary alicyclic amines) is 1. The smallest absolute Gasteiger partial charge is 0.409 e. The van der Waals surface area contributed by atoms with E-state index in [9.17, 15) is 4.79 Å². The maximum atomic E-state index is 11.8. The second-order valence-corrected chi connectivity index (χ2v) is 4.78. The standard InChI is InChI=1S/C11H12Cl2N2O2/c12-7-1-2-9(13)10(5-7)17-11(16)15-4-3-8(14)6-15/h1-2,5,8H,3-4,6,14H2/t8-/m1/s1. The van der Waals surface area contributed by atoms with Gasteiger partial charge in [0.2, 0.25) is 0 Å². The summed E-state index contributed by atoms with van der Waals surface area (Å²) in [5.41, 5.74) is 5.71. The number of carbonyl (C=O) groups excluding carboxylic acids is 1. The second kappa shape index (κ2) is 5.12. The number of carbonyl (C=O) groups is 1. The minimum Gasteiger partial charge on any atom is -0.409 e. The van der Waals surface area contributed by atoms with Crippen molar-refractivity contribution < 1.29 is 9.53 Å². The lowest BCUT2D eigenvalue weighted by Crippen LogP contribution is -2.34. The molecule has 2 rings (SSSR count). The largest absolute Gasteiger partial charge is 0.415 e. The molecule has 1 aliphatic rings. The van der Waals surface area contributed by atoms with Crippen LogP contribution in [-0.2, 0) is 0 Å². The van der Waals surface area contributed by atoms with Crippen LogP contribution in [0.5, 0.6) is 5.75 Å². The Morgan fingerprint density at radius 1 is 1.47 bits per heavy atom. The Bertz CT molecular complexity index is 439. The Labute approximate surface area is 109 Å². The minimum absolute atomic E-state index is 0.0254. The zero-order chi connectivity index (χ0) is 12.4. The molecule has 6 heteroatoms. The number of nitrogens with zero attached hydrogens (tertiary/aromatic N) is 1. The lowest BCUT2D eigenvalue weighted by Gasteiger charge is -2.15. The summed E-state index contributed by atoms with van der Waals surface area (Å²) in [6.07, 6.45) is 0.348. The molecule has 1 amide bonds. The molecule has 0 saturated carbocycles. The number of hydrogen-bond donors (Lipinski definition) is 1. The van der Waals surface area contributed by atoms with Crippen LogP contribution in [0.3, 0.4) is 0 Å². The number of rotatable bonds is 1. The monoisotopic (exact) mass is 274 g/mol. The van der Waals surface area contributed by atoms with Crippen molar-refractivity contribution in [2.45, 2.75) is 12.5 Å². The number of amides is 1. The van der Waals surface area contributed by atoms with E-state index in [-0.39, 0.29) is 11.8 Å². The van der Waals surface area contributed by atoms with Gasteiger partial charge in [-0.2, -0.15) is 0 Å². The number of hydrogen-bond acceptors (Lipinski definition) is 3. The molecule has 1 saturated heterocycles. The quantitative estimate of drug-likeness (QED) is 0.856. The summed E-state index contributed by atoms with van der Waals surface area (Å²) in [7, 11) is 0. The van der Waals surface area contributed by atoms with Crippen LogP contribution in [0.25, 0.3) is 0 Å². The number of ether oxygens (including phenoxy) is 1. The third-order valence-electron chi connectivity index (χ3n) is 2.57. The molecule has 4 nitrogen and oxygen atoms in total. The highest BCUT2D eigenvalue weighted by Crippen LogP contribution is 2.28. The van der Waals surface area contributed by atoms with Gasteiger partial charge >= 0.3 is 6.09 Å². The summed E-state index contributed by atoms with van der Waals surface area (Å²) < 4.78 is 5.17. The zero-order valence-electron chi connectivity index (χ0n) is 9.03. The van der Waals surface area contributed by atoms with Crippen molar-refractivity contribution in [2.24, 2.45) is 5.73 Å². The average molecular weight is 275 g/mol. The van der Waals surface area contributed by atoms with Crippen LogP contribution in [0.4, 0.5) is 4.79 Å². The molecule has 1 aliphatic heterocycles. The molecule has 2 N–H and O–H groups in total. The van der Waals surface area contributed by atoms with Crippen molar-refractivity contribution in [1.29, 1.82) is 0 Å². The van der Waals surface area contributed by atoms with E-state index in [2.05, 4.69) is 0 Å². The van der Waals surface area contributed by atoms with E-state index in [4.69, 9.17) is 33.7 Å². The first-order valence-corrected chi connectivity index (χ1v) is 5.99. The van der Waals surface area contributed by atoms with Crippen LogP contribution in [0.1, 0.15) is 6.42 Å². The molecule has 1 aromatic rings. The Morgan fingerprint density at radius 2 is 2.24 bits per heavy atom. The molecule has 0 bridgehead atoms. The van der Waals surface area contributed by atoms with Crippen LogP contribution in [-0.4, -0.2) is 30.1 Å². The second-order valence-electron chi connectivity index (χ2n) is 3.94. The van der Waals surface area contributed by atoms with E-state index >= 15 is 0 Å². The van der Waals surface area contributed by atoms with Crippen molar-refractivity contribution in [3.8, 4) is 5.75 Å². The molecule has 92 valence electrons. The number of nitrogens with two attached hydrogens (primary N) is 1. The lowest BCUT2D eigenvalue weighted by molar-refractivity contribution is 0.162. The lowest BCUT2D eigenvalue weighted by atomic mass is 10.3. The van der Waals surface area contributed by atoms with Gasteiger partial charge < -0.3 is 15.4 Å². The van der Waals surface area contributed by atoms with Crippen LogP contribution >= 0.6 is 23.2 Å². The van der Waals surface area contributed by atoms with Gasteiger partial charge in [-0.05, 0) is 18.6 Å². The van der Waals surface area contributed by atoms with Crippen LogP contribution < -0.4 is 10.5 Å². The van der Waals surface area contributed by atoms with Gasteiger partial charge in [-0.3, -0.25) is 0 Å². The van der Waals surface area contributed by atoms with Gasteiger partial charge in [0.05, 0.1) is 5.02 Å². The predicted octanol–water partition coefficient (Wildman–Crippen LogP) is 2.53. The Kier molecular flexibility index (Phi) is 3.76. The van der Waals surface area contributed by atoms with Crippen molar-refractivity contribution >= 4 is 29.3 Å². The fourth-order valence-electron chi connectivity index (χ4n) is 1.67. The van der Waals surface area contributed by atoms with Crippen LogP contribution in [0, 0.1) is 0 Å². The molecule has 0 unspecified atom stereocenters. The molecule has 1 heterocycles. The number of benzene rings is 1. The van der Waals surface area contributed by atoms with Crippen molar-refractivity contribution in [3.05, 3.63) is 28.2 Å². The summed E-state index contributed by atoms with van der Waals surface area (Å²) in [6, 6.07) is 4.75. The molecule has 1 atom stereocenters. The molecular formula is C11H12Cl2N2O2. The van der Waals surface area contributed by atoms with Crippen LogP contribution in [0.2, 0.25) is 10.0 Å². The SMILES string of the molecule is N[C@@H]1CCN(C(=O)Oc2cc(Cl)ccc2Cl)C1. The summed E-state index contributed by atoms with van der Waals surface area (Å²) in [4.78, 5) is 13.3. The first-order valence-electron chi connectivity index (χ1n) is 5.23. The Morgan fingerprint density at radius 3 is 2.88 bits per heavy atom. The highest BCUT2D eigenvalue weighted by atomic mass is 35.5. The predicted molar refractivity (Wildman–Crippen MR) is 66.7 cm³/mol. The molecule has 0 aliphatic carbocycles. The van der Waals surface area contributed by atoms with E-state index in [1.807, 2.05) is 0 Å². The van der Waals surface area contributed by atoms with Gasteiger partial charge in [0.1, 0.15) is 0 Å². The molecule has 0 radical (unpaired) electrons. The van der Waals surface area contributed by atoms with Gasteiger partial charge in [0.25, 0.3) is 0 Å². The van der Waals surface area contributed by atoms with E-state index < -0.39 is 6.09 Å². The van der Waals surface area contributed by atoms with Gasteiger partial charge in [-0.1, -0.05) is 23.2 Å². The Hall–Kier alpha value is -0.970. The highest BCUT2D eigenvalue weighted by Gasteiger charge is 2.25. The first-order chi connectivity index (χ1) is 8.06. The molecule has 0 aromatic heterocycles. The summed E-state index contributed by atoms with van der Waals surface area (Å²) in [5.74, 6) is 0.268. The van der Waals surface area contributed by atoms with Crippen molar-refractivity contribution in [1.82, 2.24) is 4.90 Å². The van der Waals surface area contributed by atoms with Gasteiger partial charge in [0.15, 0.2) is 5.75 Å². The third-order valence-corrected chi connectivity index (χ3v) is 3.12. The minimum atomic E-state index is -0.442. The fraction of sp³-hybridized carbons (Fsp3) is 0.364. The maximum absolute atomic E-state index is 11.8. The van der Waals surface area contributed by atoms with E-state index in [0.29, 0.717) is 23.1 Å². The number of halogens is 2. The van der Waals surface area contributed by atoms with Crippen LogP contribution in [0.15, 0.2) is 18.2 Å². The molecular weight excluding hydrogens is 263 g/mol. The van der Waals surface area contributed by atoms with Gasteiger partial charge in [-0.15, -0.1) is 0 Å². The molecule has 17 heavy (non-hydrogen) atoms. The van der Waals surface area contributed by atoms with Gasteiger partial charge in [-0.25, -0.2) is 4.79 Å². The topological polar surface area (TPSA) is 55.6 Å². The van der Waals surface area contributed by atoms with E-state index in [1.54, 1.807) is 17.0 Å². The summed E-state index contributed by atoms with van der Waals surface area (Å²) in [6.45, 7) is 1.12. The molecule has 0 spiro atoms.